The van der Waals surface area contributed by atoms with Gasteiger partial charge in [0.2, 0.25) is 5.95 Å². The summed E-state index contributed by atoms with van der Waals surface area (Å²) in [5.41, 5.74) is 6.95. The lowest BCUT2D eigenvalue weighted by Crippen LogP contribution is -2.20. The Kier molecular flexibility index (Phi) is 5.51. The topological polar surface area (TPSA) is 106 Å². The zero-order chi connectivity index (χ0) is 20.9. The van der Waals surface area contributed by atoms with Crippen LogP contribution in [0.3, 0.4) is 0 Å². The number of furan rings is 1. The first-order valence-corrected chi connectivity index (χ1v) is 9.31. The average molecular weight is 405 g/mol. The summed E-state index contributed by atoms with van der Waals surface area (Å²) in [7, 11) is 0. The molecule has 0 aliphatic rings. The highest BCUT2D eigenvalue weighted by molar-refractivity contribution is 5.60. The number of nitrogens with one attached hydrogen (secondary N) is 1. The zero-order valence-electron chi connectivity index (χ0n) is 16.2. The van der Waals surface area contributed by atoms with Crippen LogP contribution in [-0.2, 0) is 6.54 Å². The van der Waals surface area contributed by atoms with E-state index in [1.807, 2.05) is 24.0 Å². The first-order chi connectivity index (χ1) is 14.6. The Hall–Kier alpha value is -4.01. The van der Waals surface area contributed by atoms with Crippen molar-refractivity contribution in [1.82, 2.24) is 19.9 Å². The van der Waals surface area contributed by atoms with E-state index in [9.17, 15) is 4.39 Å². The van der Waals surface area contributed by atoms with Gasteiger partial charge in [0, 0.05) is 18.5 Å². The lowest BCUT2D eigenvalue weighted by atomic mass is 10.1. The number of nitrogens with zero attached hydrogens (tertiary/aromatic N) is 5. The fraction of sp³-hybridized carbons (Fsp3) is 0.143. The Morgan fingerprint density at radius 1 is 1.13 bits per heavy atom. The highest BCUT2D eigenvalue weighted by Gasteiger charge is 2.17. The van der Waals surface area contributed by atoms with Crippen molar-refractivity contribution in [3.63, 3.8) is 0 Å². The largest absolute Gasteiger partial charge is 0.467 e. The maximum absolute atomic E-state index is 13.2. The number of nitrogens with two attached hydrogens (primary N) is 1. The van der Waals surface area contributed by atoms with E-state index in [0.717, 1.165) is 11.3 Å². The third-order valence-corrected chi connectivity index (χ3v) is 4.44. The molecule has 0 unspecified atom stereocenters. The quantitative estimate of drug-likeness (QED) is 0.473. The summed E-state index contributed by atoms with van der Waals surface area (Å²) in [6, 6.07) is 11.4. The number of hydrogen-bond donors (Lipinski definition) is 2. The van der Waals surface area contributed by atoms with Crippen molar-refractivity contribution >= 4 is 23.4 Å². The second-order valence-electron chi connectivity index (χ2n) is 6.62. The number of benzene rings is 1. The van der Waals surface area contributed by atoms with Gasteiger partial charge >= 0.3 is 0 Å². The van der Waals surface area contributed by atoms with Gasteiger partial charge in [-0.2, -0.15) is 9.97 Å². The maximum Gasteiger partial charge on any atom is 0.227 e. The van der Waals surface area contributed by atoms with Crippen LogP contribution in [0.15, 0.2) is 71.7 Å². The molecule has 0 aliphatic carbocycles. The van der Waals surface area contributed by atoms with E-state index in [2.05, 4.69) is 25.3 Å². The molecule has 3 aromatic heterocycles. The summed E-state index contributed by atoms with van der Waals surface area (Å²) in [6.07, 6.45) is 6.44. The maximum atomic E-state index is 13.2. The molecule has 30 heavy (non-hydrogen) atoms. The second kappa shape index (κ2) is 8.56. The standard InChI is InChI=1S/C21H20FN7O/c1-14(15-4-6-16(22)7-5-15)26-21-27-18(23)11-19(28-21)29(13-17-3-2-10-30-17)20-12-24-8-9-25-20/h2-12,14H,13H2,1H3,(H3,23,26,27,28)/t14-/m0/s1. The number of aromatic nitrogens is 4. The molecule has 0 spiro atoms. The van der Waals surface area contributed by atoms with E-state index in [1.165, 1.54) is 12.1 Å². The van der Waals surface area contributed by atoms with E-state index in [1.54, 1.807) is 43.1 Å². The summed E-state index contributed by atoms with van der Waals surface area (Å²) >= 11 is 0. The highest BCUT2D eigenvalue weighted by atomic mass is 19.1. The van der Waals surface area contributed by atoms with E-state index >= 15 is 0 Å². The van der Waals surface area contributed by atoms with Crippen LogP contribution in [0.1, 0.15) is 24.3 Å². The third-order valence-electron chi connectivity index (χ3n) is 4.44. The minimum absolute atomic E-state index is 0.157. The number of rotatable bonds is 7. The molecule has 9 heteroatoms. The SMILES string of the molecule is C[C@H](Nc1nc(N)cc(N(Cc2ccco2)c2cnccn2)n1)c1ccc(F)cc1. The zero-order valence-corrected chi connectivity index (χ0v) is 16.2. The lowest BCUT2D eigenvalue weighted by Gasteiger charge is -2.22. The summed E-state index contributed by atoms with van der Waals surface area (Å²) in [4.78, 5) is 19.3. The minimum atomic E-state index is -0.286. The van der Waals surface area contributed by atoms with Crippen molar-refractivity contribution < 1.29 is 8.81 Å². The van der Waals surface area contributed by atoms with Gasteiger partial charge in [0.1, 0.15) is 23.2 Å². The van der Waals surface area contributed by atoms with Crippen LogP contribution in [0.25, 0.3) is 0 Å². The molecule has 152 valence electrons. The molecule has 0 fully saturated rings. The Balaban J connectivity index is 1.64. The molecular formula is C21H20FN7O. The van der Waals surface area contributed by atoms with Gasteiger partial charge in [-0.3, -0.25) is 4.98 Å². The first-order valence-electron chi connectivity index (χ1n) is 9.31. The van der Waals surface area contributed by atoms with Crippen LogP contribution in [-0.4, -0.2) is 19.9 Å². The Bertz CT molecular complexity index is 1090. The van der Waals surface area contributed by atoms with Gasteiger partial charge in [-0.05, 0) is 36.8 Å². The molecule has 1 atom stereocenters. The van der Waals surface area contributed by atoms with E-state index in [-0.39, 0.29) is 11.9 Å². The summed E-state index contributed by atoms with van der Waals surface area (Å²) in [5, 5.41) is 3.21. The van der Waals surface area contributed by atoms with Crippen molar-refractivity contribution in [2.75, 3.05) is 16.0 Å². The van der Waals surface area contributed by atoms with Crippen molar-refractivity contribution in [1.29, 1.82) is 0 Å². The van der Waals surface area contributed by atoms with Gasteiger partial charge in [-0.1, -0.05) is 12.1 Å². The predicted molar refractivity (Wildman–Crippen MR) is 111 cm³/mol. The molecular weight excluding hydrogens is 385 g/mol. The van der Waals surface area contributed by atoms with Crippen LogP contribution in [0.5, 0.6) is 0 Å². The fourth-order valence-electron chi connectivity index (χ4n) is 2.95. The second-order valence-corrected chi connectivity index (χ2v) is 6.62. The predicted octanol–water partition coefficient (Wildman–Crippen LogP) is 4.09. The first kappa shape index (κ1) is 19.3. The van der Waals surface area contributed by atoms with Gasteiger partial charge in [-0.15, -0.1) is 0 Å². The number of nitrogen functional groups attached to an aromatic ring is 1. The average Bonchev–Trinajstić information content (AvgIpc) is 3.26. The van der Waals surface area contributed by atoms with Crippen LogP contribution in [0, 0.1) is 5.82 Å². The molecule has 0 aliphatic heterocycles. The van der Waals surface area contributed by atoms with Crippen LogP contribution >= 0.6 is 0 Å². The number of hydrogen-bond acceptors (Lipinski definition) is 8. The molecule has 4 rings (SSSR count). The molecule has 0 saturated heterocycles. The fourth-order valence-corrected chi connectivity index (χ4v) is 2.95. The van der Waals surface area contributed by atoms with Crippen molar-refractivity contribution in [3.8, 4) is 0 Å². The van der Waals surface area contributed by atoms with Gasteiger partial charge in [0.05, 0.1) is 25.0 Å². The smallest absolute Gasteiger partial charge is 0.227 e. The summed E-state index contributed by atoms with van der Waals surface area (Å²) in [6.45, 7) is 2.32. The van der Waals surface area contributed by atoms with Crippen LogP contribution < -0.4 is 16.0 Å². The normalized spacial score (nSPS) is 11.8. The third kappa shape index (κ3) is 4.52. The Labute approximate surface area is 172 Å². The van der Waals surface area contributed by atoms with Crippen molar-refractivity contribution in [2.24, 2.45) is 0 Å². The van der Waals surface area contributed by atoms with Gasteiger partial charge in [0.15, 0.2) is 5.82 Å². The molecule has 3 N–H and O–H groups in total. The monoisotopic (exact) mass is 405 g/mol. The minimum Gasteiger partial charge on any atom is -0.467 e. The van der Waals surface area contributed by atoms with Crippen LogP contribution in [0.2, 0.25) is 0 Å². The molecule has 0 saturated carbocycles. The summed E-state index contributed by atoms with van der Waals surface area (Å²) in [5.74, 6) is 2.20. The lowest BCUT2D eigenvalue weighted by molar-refractivity contribution is 0.509. The van der Waals surface area contributed by atoms with Crippen molar-refractivity contribution in [2.45, 2.75) is 19.5 Å². The van der Waals surface area contributed by atoms with Crippen LogP contribution in [0.4, 0.5) is 27.8 Å². The highest BCUT2D eigenvalue weighted by Crippen LogP contribution is 2.27. The van der Waals surface area contributed by atoms with Gasteiger partial charge in [0.25, 0.3) is 0 Å². The molecule has 1 aromatic carbocycles. The summed E-state index contributed by atoms with van der Waals surface area (Å²) < 4.78 is 18.7. The van der Waals surface area contributed by atoms with Crippen molar-refractivity contribution in [3.05, 3.63) is 84.5 Å². The van der Waals surface area contributed by atoms with E-state index in [0.29, 0.717) is 29.9 Å². The number of anilines is 4. The van der Waals surface area contributed by atoms with Gasteiger partial charge in [-0.25, -0.2) is 9.37 Å². The molecule has 0 bridgehead atoms. The number of halogens is 1. The molecule has 4 aromatic rings. The van der Waals surface area contributed by atoms with E-state index < -0.39 is 0 Å². The molecule has 3 heterocycles. The Morgan fingerprint density at radius 3 is 2.67 bits per heavy atom. The molecule has 0 radical (unpaired) electrons. The molecule has 8 nitrogen and oxygen atoms in total. The molecule has 0 amide bonds. The Morgan fingerprint density at radius 2 is 1.97 bits per heavy atom. The van der Waals surface area contributed by atoms with E-state index in [4.69, 9.17) is 10.2 Å². The van der Waals surface area contributed by atoms with Gasteiger partial charge < -0.3 is 20.4 Å².